The van der Waals surface area contributed by atoms with E-state index in [2.05, 4.69) is 25.7 Å². The Morgan fingerprint density at radius 2 is 2.05 bits per heavy atom. The van der Waals surface area contributed by atoms with Crippen molar-refractivity contribution in [2.45, 2.75) is 45.2 Å². The molecule has 0 aliphatic carbocycles. The van der Waals surface area contributed by atoms with Crippen molar-refractivity contribution in [3.8, 4) is 11.8 Å². The number of piperidine rings is 1. The van der Waals surface area contributed by atoms with Crippen molar-refractivity contribution in [3.63, 3.8) is 0 Å². The maximum absolute atomic E-state index is 13.4. The molecule has 4 heteroatoms. The number of benzene rings is 1. The van der Waals surface area contributed by atoms with Crippen molar-refractivity contribution in [1.29, 1.82) is 0 Å². The average molecular weight is 288 g/mol. The van der Waals surface area contributed by atoms with Crippen LogP contribution in [0, 0.1) is 17.7 Å². The third kappa shape index (κ3) is 3.43. The second kappa shape index (κ2) is 6.73. The molecule has 1 amide bonds. The van der Waals surface area contributed by atoms with E-state index >= 15 is 0 Å². The normalized spacial score (nSPS) is 21.6. The van der Waals surface area contributed by atoms with E-state index in [0.717, 1.165) is 19.3 Å². The number of nitrogens with zero attached hydrogens (tertiary/aromatic N) is 1. The van der Waals surface area contributed by atoms with E-state index in [9.17, 15) is 9.18 Å². The van der Waals surface area contributed by atoms with Crippen LogP contribution in [0.3, 0.4) is 0 Å². The predicted molar refractivity (Wildman–Crippen MR) is 81.3 cm³/mol. The van der Waals surface area contributed by atoms with Crippen LogP contribution in [0.5, 0.6) is 0 Å². The number of likely N-dealkylation sites (tertiary alicyclic amines) is 1. The zero-order valence-corrected chi connectivity index (χ0v) is 12.5. The van der Waals surface area contributed by atoms with E-state index in [0.29, 0.717) is 11.1 Å². The third-order valence-electron chi connectivity index (χ3n) is 3.97. The quantitative estimate of drug-likeness (QED) is 0.807. The maximum atomic E-state index is 13.4. The molecule has 1 aromatic rings. The molecule has 1 aliphatic rings. The van der Waals surface area contributed by atoms with Gasteiger partial charge in [-0.1, -0.05) is 11.8 Å². The summed E-state index contributed by atoms with van der Waals surface area (Å²) in [4.78, 5) is 14.7. The van der Waals surface area contributed by atoms with Crippen molar-refractivity contribution in [3.05, 3.63) is 35.1 Å². The largest absolute Gasteiger partial charge is 0.333 e. The number of hydrogen-bond acceptors (Lipinski definition) is 2. The summed E-state index contributed by atoms with van der Waals surface area (Å²) in [6.45, 7) is 4.30. The summed E-state index contributed by atoms with van der Waals surface area (Å²) in [6, 6.07) is 4.52. The van der Waals surface area contributed by atoms with Gasteiger partial charge in [0.2, 0.25) is 0 Å². The minimum absolute atomic E-state index is 0.0731. The highest BCUT2D eigenvalue weighted by Crippen LogP contribution is 2.25. The molecule has 21 heavy (non-hydrogen) atoms. The first-order valence-corrected chi connectivity index (χ1v) is 7.35. The van der Waals surface area contributed by atoms with Crippen molar-refractivity contribution in [1.82, 2.24) is 4.90 Å². The maximum Gasteiger partial charge on any atom is 0.255 e. The van der Waals surface area contributed by atoms with Gasteiger partial charge in [-0.3, -0.25) is 4.79 Å². The minimum atomic E-state index is -0.396. The lowest BCUT2D eigenvalue weighted by Crippen LogP contribution is -2.47. The molecular formula is C17H21FN2O. The number of nitrogens with two attached hydrogens (primary N) is 1. The molecule has 1 saturated heterocycles. The molecule has 1 aromatic carbocycles. The highest BCUT2D eigenvalue weighted by molar-refractivity contribution is 5.97. The van der Waals surface area contributed by atoms with Gasteiger partial charge in [-0.05, 0) is 51.3 Å². The van der Waals surface area contributed by atoms with Gasteiger partial charge in [-0.15, -0.1) is 0 Å². The van der Waals surface area contributed by atoms with Gasteiger partial charge < -0.3 is 10.6 Å². The summed E-state index contributed by atoms with van der Waals surface area (Å²) in [5, 5.41) is 0. The van der Waals surface area contributed by atoms with Gasteiger partial charge in [0.1, 0.15) is 5.82 Å². The van der Waals surface area contributed by atoms with Gasteiger partial charge >= 0.3 is 0 Å². The van der Waals surface area contributed by atoms with Gasteiger partial charge in [0.25, 0.3) is 5.91 Å². The number of rotatable bonds is 1. The van der Waals surface area contributed by atoms with Gasteiger partial charge in [-0.25, -0.2) is 4.39 Å². The number of carbonyl (C=O) groups excluding carboxylic acids is 1. The molecule has 1 aliphatic heterocycles. The fraction of sp³-hybridized carbons (Fsp3) is 0.471. The Labute approximate surface area is 125 Å². The number of amides is 1. The van der Waals surface area contributed by atoms with Crippen LogP contribution in [0.2, 0.25) is 0 Å². The summed E-state index contributed by atoms with van der Waals surface area (Å²) >= 11 is 0. The van der Waals surface area contributed by atoms with Crippen LogP contribution in [0.4, 0.5) is 4.39 Å². The van der Waals surface area contributed by atoms with E-state index in [4.69, 9.17) is 5.73 Å². The lowest BCUT2D eigenvalue weighted by Gasteiger charge is -2.39. The molecule has 0 radical (unpaired) electrons. The fourth-order valence-corrected chi connectivity index (χ4v) is 2.91. The molecule has 0 spiro atoms. The minimum Gasteiger partial charge on any atom is -0.333 e. The number of carbonyl (C=O) groups is 1. The van der Waals surface area contributed by atoms with Gasteiger partial charge in [0, 0.05) is 17.6 Å². The summed E-state index contributed by atoms with van der Waals surface area (Å²) in [6.07, 6.45) is 3.14. The molecule has 0 unspecified atom stereocenters. The molecule has 2 N–H and O–H groups in total. The summed E-state index contributed by atoms with van der Waals surface area (Å²) in [7, 11) is 0. The second-order valence-electron chi connectivity index (χ2n) is 5.54. The Bertz CT molecular complexity index is 578. The molecule has 2 rings (SSSR count). The topological polar surface area (TPSA) is 46.3 Å². The average Bonchev–Trinajstić information content (AvgIpc) is 2.44. The first-order chi connectivity index (χ1) is 10.0. The Kier molecular flexibility index (Phi) is 4.98. The van der Waals surface area contributed by atoms with Gasteiger partial charge in [0.05, 0.1) is 12.1 Å². The van der Waals surface area contributed by atoms with Crippen LogP contribution in [0.25, 0.3) is 0 Å². The lowest BCUT2D eigenvalue weighted by atomic mass is 9.95. The van der Waals surface area contributed by atoms with Crippen LogP contribution >= 0.6 is 0 Å². The third-order valence-corrected chi connectivity index (χ3v) is 3.97. The smallest absolute Gasteiger partial charge is 0.255 e. The van der Waals surface area contributed by atoms with Crippen LogP contribution < -0.4 is 5.73 Å². The number of halogens is 1. The molecule has 1 fully saturated rings. The summed E-state index contributed by atoms with van der Waals surface area (Å²) in [5.74, 6) is 5.02. The highest BCUT2D eigenvalue weighted by atomic mass is 19.1. The van der Waals surface area contributed by atoms with Crippen molar-refractivity contribution >= 4 is 5.91 Å². The second-order valence-corrected chi connectivity index (χ2v) is 5.54. The molecule has 0 aromatic heterocycles. The Morgan fingerprint density at radius 1 is 1.38 bits per heavy atom. The van der Waals surface area contributed by atoms with E-state index in [1.165, 1.54) is 18.2 Å². The molecular weight excluding hydrogens is 267 g/mol. The monoisotopic (exact) mass is 288 g/mol. The van der Waals surface area contributed by atoms with E-state index < -0.39 is 5.82 Å². The lowest BCUT2D eigenvalue weighted by molar-refractivity contribution is 0.0510. The first-order valence-electron chi connectivity index (χ1n) is 7.35. The predicted octanol–water partition coefficient (Wildman–Crippen LogP) is 2.54. The van der Waals surface area contributed by atoms with Gasteiger partial charge in [-0.2, -0.15) is 0 Å². The zero-order valence-electron chi connectivity index (χ0n) is 12.5. The van der Waals surface area contributed by atoms with Crippen molar-refractivity contribution < 1.29 is 9.18 Å². The molecule has 1 heterocycles. The van der Waals surface area contributed by atoms with E-state index in [1.54, 1.807) is 0 Å². The Morgan fingerprint density at radius 3 is 2.67 bits per heavy atom. The Hall–Kier alpha value is -1.86. The van der Waals surface area contributed by atoms with E-state index in [-0.39, 0.29) is 24.5 Å². The standard InChI is InChI=1S/C17H21FN2O/c1-12-5-3-6-13(2)20(12)17(21)16-9-8-15(18)11-14(16)7-4-10-19/h8-9,11-13H,3,5-6,10,19H2,1-2H3/t12-,13+. The first kappa shape index (κ1) is 15.5. The number of hydrogen-bond donors (Lipinski definition) is 1. The highest BCUT2D eigenvalue weighted by Gasteiger charge is 2.30. The summed E-state index contributed by atoms with van der Waals surface area (Å²) in [5.41, 5.74) is 6.23. The van der Waals surface area contributed by atoms with Crippen molar-refractivity contribution in [2.75, 3.05) is 6.54 Å². The van der Waals surface area contributed by atoms with Crippen LogP contribution in [-0.4, -0.2) is 29.4 Å². The van der Waals surface area contributed by atoms with Crippen molar-refractivity contribution in [2.24, 2.45) is 5.73 Å². The molecule has 3 nitrogen and oxygen atoms in total. The molecule has 0 bridgehead atoms. The van der Waals surface area contributed by atoms with Crippen LogP contribution in [0.1, 0.15) is 49.0 Å². The van der Waals surface area contributed by atoms with E-state index in [1.807, 2.05) is 4.90 Å². The fourth-order valence-electron chi connectivity index (χ4n) is 2.91. The van der Waals surface area contributed by atoms with Crippen LogP contribution in [0.15, 0.2) is 18.2 Å². The molecule has 2 atom stereocenters. The van der Waals surface area contributed by atoms with Crippen LogP contribution in [-0.2, 0) is 0 Å². The van der Waals surface area contributed by atoms with Gasteiger partial charge in [0.15, 0.2) is 0 Å². The molecule has 112 valence electrons. The zero-order chi connectivity index (χ0) is 15.4. The molecule has 0 saturated carbocycles. The summed E-state index contributed by atoms with van der Waals surface area (Å²) < 4.78 is 13.4. The SMILES string of the molecule is C[C@@H]1CCC[C@H](C)N1C(=O)c1ccc(F)cc1C#CCN. The Balaban J connectivity index is 2.38.